The topological polar surface area (TPSA) is 61.7 Å². The minimum atomic E-state index is 0.320. The summed E-state index contributed by atoms with van der Waals surface area (Å²) in [5, 5.41) is 8.62. The van der Waals surface area contributed by atoms with Gasteiger partial charge in [0.25, 0.3) is 0 Å². The number of H-pyrrole nitrogens is 1. The van der Waals surface area contributed by atoms with Crippen LogP contribution in [0.4, 0.5) is 0 Å². The summed E-state index contributed by atoms with van der Waals surface area (Å²) in [6.07, 6.45) is 1.64. The van der Waals surface area contributed by atoms with Gasteiger partial charge in [0, 0.05) is 0 Å². The van der Waals surface area contributed by atoms with Crippen molar-refractivity contribution in [3.63, 3.8) is 0 Å². The monoisotopic (exact) mass is 199 g/mol. The van der Waals surface area contributed by atoms with Crippen LogP contribution in [0.25, 0.3) is 11.3 Å². The maximum absolute atomic E-state index is 8.62. The van der Waals surface area contributed by atoms with E-state index in [2.05, 4.69) is 9.97 Å². The van der Waals surface area contributed by atoms with Crippen LogP contribution in [-0.4, -0.2) is 17.1 Å². The van der Waals surface area contributed by atoms with Crippen molar-refractivity contribution >= 4 is 0 Å². The summed E-state index contributed by atoms with van der Waals surface area (Å²) in [5.41, 5.74) is 1.80. The first kappa shape index (κ1) is 9.28. The molecule has 1 aromatic heterocycles. The Hall–Kier alpha value is -2.28. The van der Waals surface area contributed by atoms with Crippen LogP contribution in [0.2, 0.25) is 0 Å². The van der Waals surface area contributed by atoms with E-state index in [9.17, 15) is 0 Å². The minimum absolute atomic E-state index is 0.320. The molecule has 0 atom stereocenters. The molecule has 4 nitrogen and oxygen atoms in total. The lowest BCUT2D eigenvalue weighted by Gasteiger charge is -2.00. The molecule has 0 aliphatic carbocycles. The molecule has 0 saturated heterocycles. The van der Waals surface area contributed by atoms with Crippen LogP contribution in [0.3, 0.4) is 0 Å². The molecular formula is C11H9N3O. The summed E-state index contributed by atoms with van der Waals surface area (Å²) in [4.78, 5) is 6.81. The molecule has 0 aliphatic heterocycles. The Kier molecular flexibility index (Phi) is 2.38. The molecule has 0 saturated carbocycles. The molecule has 0 bridgehead atoms. The largest absolute Gasteiger partial charge is 0.497 e. The zero-order valence-electron chi connectivity index (χ0n) is 8.19. The van der Waals surface area contributed by atoms with E-state index < -0.39 is 0 Å². The van der Waals surface area contributed by atoms with E-state index in [1.54, 1.807) is 13.3 Å². The number of hydrogen-bond donors (Lipinski definition) is 1. The zero-order chi connectivity index (χ0) is 10.7. The van der Waals surface area contributed by atoms with Crippen LogP contribution in [0, 0.1) is 11.3 Å². The first-order valence-corrected chi connectivity index (χ1v) is 4.43. The number of imidazole rings is 1. The van der Waals surface area contributed by atoms with Gasteiger partial charge in [0.1, 0.15) is 11.8 Å². The van der Waals surface area contributed by atoms with Gasteiger partial charge >= 0.3 is 0 Å². The average molecular weight is 199 g/mol. The highest BCUT2D eigenvalue weighted by atomic mass is 16.5. The van der Waals surface area contributed by atoms with Crippen molar-refractivity contribution in [3.8, 4) is 23.1 Å². The van der Waals surface area contributed by atoms with Gasteiger partial charge in [-0.05, 0) is 29.8 Å². The Morgan fingerprint density at radius 2 is 2.07 bits per heavy atom. The number of nitrogens with zero attached hydrogens (tertiary/aromatic N) is 2. The zero-order valence-corrected chi connectivity index (χ0v) is 8.19. The molecule has 0 fully saturated rings. The number of methoxy groups -OCH3 is 1. The molecule has 0 unspecified atom stereocenters. The summed E-state index contributed by atoms with van der Waals surface area (Å²) in [6, 6.07) is 9.50. The smallest absolute Gasteiger partial charge is 0.210 e. The molecule has 1 N–H and O–H groups in total. The quantitative estimate of drug-likeness (QED) is 0.804. The van der Waals surface area contributed by atoms with Gasteiger partial charge in [-0.3, -0.25) is 0 Å². The first-order chi connectivity index (χ1) is 7.33. The van der Waals surface area contributed by atoms with Crippen molar-refractivity contribution in [1.82, 2.24) is 9.97 Å². The number of rotatable bonds is 2. The number of nitriles is 1. The maximum atomic E-state index is 8.62. The lowest BCUT2D eigenvalue weighted by atomic mass is 10.2. The van der Waals surface area contributed by atoms with E-state index in [1.165, 1.54) is 0 Å². The predicted molar refractivity (Wildman–Crippen MR) is 55.3 cm³/mol. The van der Waals surface area contributed by atoms with E-state index in [4.69, 9.17) is 10.00 Å². The van der Waals surface area contributed by atoms with Gasteiger partial charge in [0.05, 0.1) is 19.0 Å². The molecular weight excluding hydrogens is 190 g/mol. The van der Waals surface area contributed by atoms with Crippen LogP contribution >= 0.6 is 0 Å². The number of benzene rings is 1. The molecule has 0 spiro atoms. The van der Waals surface area contributed by atoms with Crippen LogP contribution in [0.5, 0.6) is 5.75 Å². The number of aromatic amines is 1. The van der Waals surface area contributed by atoms with E-state index in [1.807, 2.05) is 30.3 Å². The van der Waals surface area contributed by atoms with Crippen molar-refractivity contribution in [3.05, 3.63) is 36.3 Å². The van der Waals surface area contributed by atoms with Crippen LogP contribution in [-0.2, 0) is 0 Å². The molecule has 0 radical (unpaired) electrons. The van der Waals surface area contributed by atoms with Crippen molar-refractivity contribution in [2.24, 2.45) is 0 Å². The van der Waals surface area contributed by atoms with E-state index in [-0.39, 0.29) is 0 Å². The van der Waals surface area contributed by atoms with Crippen molar-refractivity contribution in [1.29, 1.82) is 5.26 Å². The molecule has 74 valence electrons. The molecule has 0 aliphatic rings. The van der Waals surface area contributed by atoms with Gasteiger partial charge in [-0.15, -0.1) is 0 Å². The van der Waals surface area contributed by atoms with Crippen LogP contribution < -0.4 is 4.74 Å². The fraction of sp³-hybridized carbons (Fsp3) is 0.0909. The van der Waals surface area contributed by atoms with Crippen molar-refractivity contribution < 1.29 is 4.74 Å². The summed E-state index contributed by atoms with van der Waals surface area (Å²) >= 11 is 0. The second-order valence-electron chi connectivity index (χ2n) is 2.99. The average Bonchev–Trinajstić information content (AvgIpc) is 2.78. The normalized spacial score (nSPS) is 9.60. The highest BCUT2D eigenvalue weighted by Crippen LogP contribution is 2.20. The van der Waals surface area contributed by atoms with Gasteiger partial charge in [-0.2, -0.15) is 5.26 Å². The predicted octanol–water partition coefficient (Wildman–Crippen LogP) is 1.96. The summed E-state index contributed by atoms with van der Waals surface area (Å²) in [6.45, 7) is 0. The molecule has 15 heavy (non-hydrogen) atoms. The van der Waals surface area contributed by atoms with Gasteiger partial charge in [0.15, 0.2) is 0 Å². The molecule has 1 aromatic carbocycles. The number of nitrogens with one attached hydrogen (secondary N) is 1. The lowest BCUT2D eigenvalue weighted by molar-refractivity contribution is 0.415. The fourth-order valence-corrected chi connectivity index (χ4v) is 1.30. The Morgan fingerprint density at radius 3 is 2.60 bits per heavy atom. The van der Waals surface area contributed by atoms with Gasteiger partial charge < -0.3 is 9.72 Å². The Bertz CT molecular complexity index is 493. The number of hydrogen-bond acceptors (Lipinski definition) is 3. The van der Waals surface area contributed by atoms with E-state index >= 15 is 0 Å². The lowest BCUT2D eigenvalue weighted by Crippen LogP contribution is -1.83. The summed E-state index contributed by atoms with van der Waals surface area (Å²) in [5.74, 6) is 1.12. The second-order valence-corrected chi connectivity index (χ2v) is 2.99. The summed E-state index contributed by atoms with van der Waals surface area (Å²) in [7, 11) is 1.62. The van der Waals surface area contributed by atoms with Crippen molar-refractivity contribution in [2.75, 3.05) is 7.11 Å². The fourth-order valence-electron chi connectivity index (χ4n) is 1.30. The third-order valence-electron chi connectivity index (χ3n) is 2.08. The highest BCUT2D eigenvalue weighted by Gasteiger charge is 2.02. The Balaban J connectivity index is 2.33. The molecule has 4 heteroatoms. The second kappa shape index (κ2) is 3.84. The van der Waals surface area contributed by atoms with Crippen LogP contribution in [0.1, 0.15) is 5.82 Å². The highest BCUT2D eigenvalue weighted by molar-refractivity contribution is 5.59. The number of aromatic nitrogens is 2. The van der Waals surface area contributed by atoms with Gasteiger partial charge in [0.2, 0.25) is 5.82 Å². The van der Waals surface area contributed by atoms with E-state index in [0.29, 0.717) is 5.82 Å². The number of ether oxygens (including phenoxy) is 1. The standard InChI is InChI=1S/C11H9N3O/c1-15-9-4-2-8(3-5-9)10-7-13-11(6-12)14-10/h2-5,7H,1H3,(H,13,14). The molecule has 2 aromatic rings. The molecule has 2 rings (SSSR count). The van der Waals surface area contributed by atoms with Crippen LogP contribution in [0.15, 0.2) is 30.5 Å². The maximum Gasteiger partial charge on any atom is 0.210 e. The van der Waals surface area contributed by atoms with E-state index in [0.717, 1.165) is 17.0 Å². The summed E-state index contributed by atoms with van der Waals surface area (Å²) < 4.78 is 5.05. The third-order valence-corrected chi connectivity index (χ3v) is 2.08. The van der Waals surface area contributed by atoms with Gasteiger partial charge in [-0.25, -0.2) is 4.98 Å². The SMILES string of the molecule is COc1ccc(-c2cnc(C#N)[nH]2)cc1. The Morgan fingerprint density at radius 1 is 1.33 bits per heavy atom. The third kappa shape index (κ3) is 1.81. The van der Waals surface area contributed by atoms with Crippen molar-refractivity contribution in [2.45, 2.75) is 0 Å². The molecule has 0 amide bonds. The van der Waals surface area contributed by atoms with Gasteiger partial charge in [-0.1, -0.05) is 0 Å². The minimum Gasteiger partial charge on any atom is -0.497 e. The first-order valence-electron chi connectivity index (χ1n) is 4.43. The Labute approximate surface area is 87.2 Å². The molecule has 1 heterocycles.